The minimum Gasteiger partial charge on any atom is -0.370 e. The molecular formula is C20H27N7O2S2. The number of aryl methyl sites for hydroxylation is 1. The van der Waals surface area contributed by atoms with Crippen LogP contribution in [0.3, 0.4) is 0 Å². The molecule has 9 nitrogen and oxygen atoms in total. The molecular weight excluding hydrogens is 434 g/mol. The van der Waals surface area contributed by atoms with Crippen LogP contribution in [0.5, 0.6) is 0 Å². The Morgan fingerprint density at radius 3 is 2.55 bits per heavy atom. The van der Waals surface area contributed by atoms with Crippen molar-refractivity contribution >= 4 is 32.5 Å². The van der Waals surface area contributed by atoms with Gasteiger partial charge in [0.25, 0.3) is 10.0 Å². The molecule has 0 amide bonds. The molecule has 31 heavy (non-hydrogen) atoms. The van der Waals surface area contributed by atoms with Gasteiger partial charge in [-0.3, -0.25) is 4.72 Å². The average Bonchev–Trinajstić information content (AvgIpc) is 3.24. The van der Waals surface area contributed by atoms with E-state index in [9.17, 15) is 8.42 Å². The van der Waals surface area contributed by atoms with E-state index in [1.807, 2.05) is 32.0 Å². The number of anilines is 2. The van der Waals surface area contributed by atoms with Crippen molar-refractivity contribution < 1.29 is 8.42 Å². The summed E-state index contributed by atoms with van der Waals surface area (Å²) in [6.07, 6.45) is 3.40. The zero-order valence-corrected chi connectivity index (χ0v) is 19.1. The third-order valence-corrected chi connectivity index (χ3v) is 7.06. The largest absolute Gasteiger partial charge is 0.370 e. The van der Waals surface area contributed by atoms with Gasteiger partial charge in [0.15, 0.2) is 0 Å². The van der Waals surface area contributed by atoms with Gasteiger partial charge in [-0.05, 0) is 48.9 Å². The van der Waals surface area contributed by atoms with Crippen LogP contribution in [0.15, 0.2) is 47.8 Å². The molecule has 0 spiro atoms. The van der Waals surface area contributed by atoms with Crippen LogP contribution < -0.4 is 21.5 Å². The monoisotopic (exact) mass is 461 g/mol. The molecule has 0 aliphatic carbocycles. The Morgan fingerprint density at radius 2 is 1.94 bits per heavy atom. The number of hydrogen-bond acceptors (Lipinski definition) is 9. The first kappa shape index (κ1) is 23.1. The average molecular weight is 462 g/mol. The molecule has 3 aromatic rings. The molecule has 2 aromatic heterocycles. The zero-order chi connectivity index (χ0) is 22.4. The fraction of sp³-hybridized carbons (Fsp3) is 0.350. The van der Waals surface area contributed by atoms with Crippen molar-refractivity contribution in [2.45, 2.75) is 37.8 Å². The maximum Gasteiger partial charge on any atom is 0.265 e. The van der Waals surface area contributed by atoms with Crippen LogP contribution >= 0.6 is 11.5 Å². The SMILES string of the molecule is Cc1cc(S(=O)(=O)Nc2ncns2)cnc1NC[C@H](Cc1ccccc1CN)[C@@H](C)N. The van der Waals surface area contributed by atoms with Crippen LogP contribution in [0.4, 0.5) is 10.9 Å². The standard InChI is InChI=1S/C20H27N7O2S2/c1-13-7-18(31(28,29)27-20-25-12-26-30-20)11-24-19(13)23-10-17(14(2)22)8-15-5-3-4-6-16(15)9-21/h3-7,11-12,14,17H,8-10,21-22H2,1-2H3,(H,23,24)(H,25,26,27)/t14-,17+/m1/s1. The lowest BCUT2D eigenvalue weighted by Gasteiger charge is -2.23. The highest BCUT2D eigenvalue weighted by molar-refractivity contribution is 7.93. The van der Waals surface area contributed by atoms with Gasteiger partial charge in [0.1, 0.15) is 17.0 Å². The van der Waals surface area contributed by atoms with Gasteiger partial charge in [0.2, 0.25) is 5.13 Å². The second kappa shape index (κ2) is 10.1. The van der Waals surface area contributed by atoms with E-state index in [-0.39, 0.29) is 22.0 Å². The highest BCUT2D eigenvalue weighted by Gasteiger charge is 2.19. The van der Waals surface area contributed by atoms with E-state index < -0.39 is 10.0 Å². The summed E-state index contributed by atoms with van der Waals surface area (Å²) in [6, 6.07) is 9.61. The van der Waals surface area contributed by atoms with Crippen molar-refractivity contribution in [2.75, 3.05) is 16.6 Å². The van der Waals surface area contributed by atoms with Crippen molar-refractivity contribution in [3.8, 4) is 0 Å². The predicted octanol–water partition coefficient (Wildman–Crippen LogP) is 2.12. The Hall–Kier alpha value is -2.60. The number of nitrogens with one attached hydrogen (secondary N) is 2. The van der Waals surface area contributed by atoms with E-state index in [1.165, 1.54) is 18.1 Å². The maximum atomic E-state index is 12.5. The van der Waals surface area contributed by atoms with E-state index in [1.54, 1.807) is 6.07 Å². The fourth-order valence-corrected chi connectivity index (χ4v) is 4.87. The predicted molar refractivity (Wildman–Crippen MR) is 123 cm³/mol. The number of hydrogen-bond donors (Lipinski definition) is 4. The number of rotatable bonds is 10. The molecule has 0 saturated carbocycles. The minimum atomic E-state index is -3.78. The third kappa shape index (κ3) is 5.97. The summed E-state index contributed by atoms with van der Waals surface area (Å²) < 4.78 is 31.2. The summed E-state index contributed by atoms with van der Waals surface area (Å²) >= 11 is 0.965. The smallest absolute Gasteiger partial charge is 0.265 e. The zero-order valence-electron chi connectivity index (χ0n) is 17.4. The molecule has 0 aliphatic heterocycles. The molecule has 0 radical (unpaired) electrons. The number of nitrogens with zero attached hydrogens (tertiary/aromatic N) is 3. The Labute approximate surface area is 186 Å². The first-order chi connectivity index (χ1) is 14.8. The number of sulfonamides is 1. The molecule has 0 bridgehead atoms. The van der Waals surface area contributed by atoms with E-state index in [4.69, 9.17) is 11.5 Å². The number of benzene rings is 1. The normalized spacial score (nSPS) is 13.5. The van der Waals surface area contributed by atoms with E-state index in [2.05, 4.69) is 30.4 Å². The van der Waals surface area contributed by atoms with Crippen molar-refractivity contribution in [1.29, 1.82) is 0 Å². The molecule has 1 aromatic carbocycles. The summed E-state index contributed by atoms with van der Waals surface area (Å²) in [4.78, 5) is 8.23. The maximum absolute atomic E-state index is 12.5. The number of aromatic nitrogens is 3. The minimum absolute atomic E-state index is 0.0469. The van der Waals surface area contributed by atoms with Gasteiger partial charge in [-0.2, -0.15) is 4.37 Å². The summed E-state index contributed by atoms with van der Waals surface area (Å²) in [7, 11) is -3.78. The van der Waals surface area contributed by atoms with Crippen LogP contribution in [0, 0.1) is 12.8 Å². The van der Waals surface area contributed by atoms with Gasteiger partial charge < -0.3 is 16.8 Å². The molecule has 2 heterocycles. The molecule has 6 N–H and O–H groups in total. The fourth-order valence-electron chi connectivity index (χ4n) is 3.18. The lowest BCUT2D eigenvalue weighted by Crippen LogP contribution is -2.34. The van der Waals surface area contributed by atoms with Crippen molar-refractivity contribution in [1.82, 2.24) is 14.3 Å². The van der Waals surface area contributed by atoms with Crippen LogP contribution in [-0.4, -0.2) is 35.3 Å². The summed E-state index contributed by atoms with van der Waals surface area (Å²) in [5.74, 6) is 0.768. The van der Waals surface area contributed by atoms with E-state index in [0.717, 1.165) is 23.5 Å². The first-order valence-electron chi connectivity index (χ1n) is 9.82. The van der Waals surface area contributed by atoms with Gasteiger partial charge in [-0.25, -0.2) is 18.4 Å². The summed E-state index contributed by atoms with van der Waals surface area (Å²) in [5, 5.41) is 3.52. The van der Waals surface area contributed by atoms with Crippen LogP contribution in [0.25, 0.3) is 0 Å². The van der Waals surface area contributed by atoms with Gasteiger partial charge in [-0.1, -0.05) is 24.3 Å². The Morgan fingerprint density at radius 1 is 1.19 bits per heavy atom. The van der Waals surface area contributed by atoms with Gasteiger partial charge in [0, 0.05) is 36.9 Å². The molecule has 166 valence electrons. The Balaban J connectivity index is 1.70. The van der Waals surface area contributed by atoms with Gasteiger partial charge >= 0.3 is 0 Å². The quantitative estimate of drug-likeness (QED) is 0.359. The summed E-state index contributed by atoms with van der Waals surface area (Å²) in [5.41, 5.74) is 15.1. The molecule has 2 atom stereocenters. The Bertz CT molecular complexity index is 1100. The third-order valence-electron chi connectivity index (χ3n) is 5.04. The second-order valence-electron chi connectivity index (χ2n) is 7.37. The molecule has 0 saturated heterocycles. The summed E-state index contributed by atoms with van der Waals surface area (Å²) in [6.45, 7) is 4.87. The van der Waals surface area contributed by atoms with Crippen molar-refractivity contribution in [3.63, 3.8) is 0 Å². The number of nitrogens with two attached hydrogens (primary N) is 2. The molecule has 0 aliphatic rings. The highest BCUT2D eigenvalue weighted by atomic mass is 32.2. The first-order valence-corrected chi connectivity index (χ1v) is 12.1. The lowest BCUT2D eigenvalue weighted by molar-refractivity contribution is 0.460. The molecule has 0 fully saturated rings. The topological polar surface area (TPSA) is 149 Å². The highest BCUT2D eigenvalue weighted by Crippen LogP contribution is 2.21. The van der Waals surface area contributed by atoms with Gasteiger partial charge in [-0.15, -0.1) is 0 Å². The van der Waals surface area contributed by atoms with Crippen molar-refractivity contribution in [3.05, 3.63) is 59.5 Å². The van der Waals surface area contributed by atoms with E-state index >= 15 is 0 Å². The van der Waals surface area contributed by atoms with E-state index in [0.29, 0.717) is 24.5 Å². The van der Waals surface area contributed by atoms with Crippen LogP contribution in [-0.2, 0) is 23.0 Å². The van der Waals surface area contributed by atoms with Gasteiger partial charge in [0.05, 0.1) is 0 Å². The molecule has 3 rings (SSSR count). The second-order valence-corrected chi connectivity index (χ2v) is 9.83. The van der Waals surface area contributed by atoms with Crippen LogP contribution in [0.1, 0.15) is 23.6 Å². The van der Waals surface area contributed by atoms with Crippen LogP contribution in [0.2, 0.25) is 0 Å². The Kier molecular flexibility index (Phi) is 7.55. The molecule has 0 unspecified atom stereocenters. The number of pyridine rings is 1. The van der Waals surface area contributed by atoms with Crippen molar-refractivity contribution in [2.24, 2.45) is 17.4 Å². The molecule has 11 heteroatoms. The lowest BCUT2D eigenvalue weighted by atomic mass is 9.91.